The Balaban J connectivity index is 1.64. The number of hydrogen-bond donors (Lipinski definition) is 1. The molecule has 3 atom stereocenters. The van der Waals surface area contributed by atoms with Crippen molar-refractivity contribution in [3.05, 3.63) is 35.9 Å². The van der Waals surface area contributed by atoms with Gasteiger partial charge in [0.1, 0.15) is 0 Å². The van der Waals surface area contributed by atoms with Gasteiger partial charge in [-0.1, -0.05) is 30.3 Å². The second kappa shape index (κ2) is 4.33. The average Bonchev–Trinajstić information content (AvgIpc) is 2.97. The second-order valence-corrected chi connectivity index (χ2v) is 7.16. The predicted molar refractivity (Wildman–Crippen MR) is 70.7 cm³/mol. The number of nitrogens with zero attached hydrogens (tertiary/aromatic N) is 1. The average molecular weight is 266 g/mol. The maximum atomic E-state index is 11.3. The smallest absolute Gasteiger partial charge is 0.213 e. The van der Waals surface area contributed by atoms with Crippen LogP contribution in [0.5, 0.6) is 0 Å². The molecule has 2 aliphatic rings. The van der Waals surface area contributed by atoms with Crippen molar-refractivity contribution in [1.82, 2.24) is 4.90 Å². The minimum atomic E-state index is -3.36. The first-order valence-electron chi connectivity index (χ1n) is 6.36. The van der Waals surface area contributed by atoms with Gasteiger partial charge in [-0.05, 0) is 24.9 Å². The number of likely N-dealkylation sites (tertiary alicyclic amines) is 1. The molecule has 4 nitrogen and oxygen atoms in total. The molecule has 1 saturated heterocycles. The minimum Gasteiger partial charge on any atom is -0.298 e. The fourth-order valence-corrected chi connectivity index (χ4v) is 3.80. The van der Waals surface area contributed by atoms with Crippen LogP contribution in [-0.2, 0) is 10.0 Å². The molecule has 3 unspecified atom stereocenters. The van der Waals surface area contributed by atoms with Gasteiger partial charge in [-0.15, -0.1) is 0 Å². The molecule has 1 aliphatic carbocycles. The summed E-state index contributed by atoms with van der Waals surface area (Å²) in [6.07, 6.45) is 1.82. The Bertz CT molecular complexity index is 529. The summed E-state index contributed by atoms with van der Waals surface area (Å²) in [6, 6.07) is 11.0. The van der Waals surface area contributed by atoms with Crippen molar-refractivity contribution in [2.75, 3.05) is 13.1 Å². The molecule has 0 aromatic heterocycles. The lowest BCUT2D eigenvalue weighted by atomic mass is 10.1. The Kier molecular flexibility index (Phi) is 2.92. The molecule has 2 fully saturated rings. The van der Waals surface area contributed by atoms with Gasteiger partial charge in [0.2, 0.25) is 10.0 Å². The van der Waals surface area contributed by atoms with E-state index in [1.807, 2.05) is 6.07 Å². The van der Waals surface area contributed by atoms with Gasteiger partial charge in [0.05, 0.1) is 5.25 Å². The first-order valence-corrected chi connectivity index (χ1v) is 7.97. The summed E-state index contributed by atoms with van der Waals surface area (Å²) in [5.74, 6) is 0.574. The number of nitrogens with two attached hydrogens (primary N) is 1. The highest BCUT2D eigenvalue weighted by molar-refractivity contribution is 7.89. The summed E-state index contributed by atoms with van der Waals surface area (Å²) in [5.41, 5.74) is 1.36. The van der Waals surface area contributed by atoms with E-state index in [9.17, 15) is 8.42 Å². The molecule has 1 aliphatic heterocycles. The summed E-state index contributed by atoms with van der Waals surface area (Å²) >= 11 is 0. The van der Waals surface area contributed by atoms with Gasteiger partial charge in [0, 0.05) is 18.5 Å². The third-order valence-corrected chi connectivity index (χ3v) is 5.41. The molecular formula is C13H18N2O2S. The lowest BCUT2D eigenvalue weighted by molar-refractivity contribution is 0.323. The van der Waals surface area contributed by atoms with E-state index in [2.05, 4.69) is 29.2 Å². The molecule has 1 aromatic rings. The van der Waals surface area contributed by atoms with Crippen molar-refractivity contribution in [3.8, 4) is 0 Å². The molecule has 0 radical (unpaired) electrons. The third kappa shape index (κ3) is 2.30. The molecule has 1 heterocycles. The zero-order valence-corrected chi connectivity index (χ0v) is 11.0. The molecule has 0 bridgehead atoms. The van der Waals surface area contributed by atoms with Crippen LogP contribution in [0.4, 0.5) is 0 Å². The molecule has 18 heavy (non-hydrogen) atoms. The number of sulfonamides is 1. The maximum absolute atomic E-state index is 11.3. The highest BCUT2D eigenvalue weighted by Gasteiger charge is 2.46. The van der Waals surface area contributed by atoms with Gasteiger partial charge in [0.15, 0.2) is 0 Å². The third-order valence-electron chi connectivity index (χ3n) is 4.09. The molecule has 0 spiro atoms. The Hall–Kier alpha value is -0.910. The van der Waals surface area contributed by atoms with E-state index in [4.69, 9.17) is 5.14 Å². The van der Waals surface area contributed by atoms with Gasteiger partial charge >= 0.3 is 0 Å². The summed E-state index contributed by atoms with van der Waals surface area (Å²) in [4.78, 5) is 2.28. The quantitative estimate of drug-likeness (QED) is 0.884. The minimum absolute atomic E-state index is 0.366. The fourth-order valence-electron chi connectivity index (χ4n) is 2.97. The molecule has 2 N–H and O–H groups in total. The normalized spacial score (nSPS) is 32.6. The molecule has 1 aromatic carbocycles. The largest absolute Gasteiger partial charge is 0.298 e. The molecule has 1 saturated carbocycles. The van der Waals surface area contributed by atoms with Crippen LogP contribution in [0.2, 0.25) is 0 Å². The van der Waals surface area contributed by atoms with E-state index in [0.717, 1.165) is 13.0 Å². The first kappa shape index (κ1) is 12.1. The van der Waals surface area contributed by atoms with E-state index >= 15 is 0 Å². The van der Waals surface area contributed by atoms with E-state index in [1.54, 1.807) is 0 Å². The van der Waals surface area contributed by atoms with Crippen LogP contribution >= 0.6 is 0 Å². The predicted octanol–water partition coefficient (Wildman–Crippen LogP) is 0.905. The van der Waals surface area contributed by atoms with Crippen LogP contribution in [-0.4, -0.2) is 37.7 Å². The molecular weight excluding hydrogens is 248 g/mol. The Morgan fingerprint density at radius 2 is 1.94 bits per heavy atom. The first-order chi connectivity index (χ1) is 8.55. The van der Waals surface area contributed by atoms with E-state index < -0.39 is 10.0 Å². The topological polar surface area (TPSA) is 63.4 Å². The van der Waals surface area contributed by atoms with Crippen LogP contribution in [0.3, 0.4) is 0 Å². The van der Waals surface area contributed by atoms with Crippen molar-refractivity contribution < 1.29 is 8.42 Å². The summed E-state index contributed by atoms with van der Waals surface area (Å²) in [6.45, 7) is 1.46. The van der Waals surface area contributed by atoms with E-state index in [0.29, 0.717) is 24.9 Å². The monoisotopic (exact) mass is 266 g/mol. The van der Waals surface area contributed by atoms with E-state index in [1.165, 1.54) is 5.56 Å². The molecule has 3 rings (SSSR count). The maximum Gasteiger partial charge on any atom is 0.213 e. The standard InChI is InChI=1S/C13H18N2O2S/c14-18(16,17)11-6-7-15(9-11)13-8-12(13)10-4-2-1-3-5-10/h1-5,11-13H,6-9H2,(H2,14,16,17). The zero-order chi connectivity index (χ0) is 12.8. The van der Waals surface area contributed by atoms with Crippen LogP contribution < -0.4 is 5.14 Å². The SMILES string of the molecule is NS(=O)(=O)C1CCN(C2CC2c2ccccc2)C1. The number of benzene rings is 1. The van der Waals surface area contributed by atoms with Gasteiger partial charge < -0.3 is 0 Å². The summed E-state index contributed by atoms with van der Waals surface area (Å²) in [7, 11) is -3.36. The number of hydrogen-bond acceptors (Lipinski definition) is 3. The Morgan fingerprint density at radius 1 is 1.22 bits per heavy atom. The Labute approximate surface area is 108 Å². The van der Waals surface area contributed by atoms with Crippen LogP contribution in [0.15, 0.2) is 30.3 Å². The number of primary sulfonamides is 1. The van der Waals surface area contributed by atoms with Crippen LogP contribution in [0.1, 0.15) is 24.3 Å². The molecule has 5 heteroatoms. The highest BCUT2D eigenvalue weighted by Crippen LogP contribution is 2.45. The van der Waals surface area contributed by atoms with Crippen molar-refractivity contribution in [1.29, 1.82) is 0 Å². The Morgan fingerprint density at radius 3 is 2.56 bits per heavy atom. The van der Waals surface area contributed by atoms with Crippen molar-refractivity contribution in [2.45, 2.75) is 30.1 Å². The fraction of sp³-hybridized carbons (Fsp3) is 0.538. The van der Waals surface area contributed by atoms with Gasteiger partial charge in [-0.25, -0.2) is 13.6 Å². The lowest BCUT2D eigenvalue weighted by Crippen LogP contribution is -2.32. The van der Waals surface area contributed by atoms with E-state index in [-0.39, 0.29) is 5.25 Å². The molecule has 0 amide bonds. The summed E-state index contributed by atoms with van der Waals surface area (Å²) in [5, 5.41) is 4.85. The van der Waals surface area contributed by atoms with Crippen molar-refractivity contribution in [3.63, 3.8) is 0 Å². The highest BCUT2D eigenvalue weighted by atomic mass is 32.2. The van der Waals surface area contributed by atoms with Crippen molar-refractivity contribution >= 4 is 10.0 Å². The summed E-state index contributed by atoms with van der Waals surface area (Å²) < 4.78 is 22.6. The van der Waals surface area contributed by atoms with Gasteiger partial charge in [-0.2, -0.15) is 0 Å². The van der Waals surface area contributed by atoms with Crippen molar-refractivity contribution in [2.24, 2.45) is 5.14 Å². The van der Waals surface area contributed by atoms with Crippen LogP contribution in [0.25, 0.3) is 0 Å². The van der Waals surface area contributed by atoms with Gasteiger partial charge in [0.25, 0.3) is 0 Å². The van der Waals surface area contributed by atoms with Crippen LogP contribution in [0, 0.1) is 0 Å². The van der Waals surface area contributed by atoms with Gasteiger partial charge in [-0.3, -0.25) is 4.90 Å². The second-order valence-electron chi connectivity index (χ2n) is 5.31. The zero-order valence-electron chi connectivity index (χ0n) is 10.2. The number of rotatable bonds is 3. The molecule has 98 valence electrons. The lowest BCUT2D eigenvalue weighted by Gasteiger charge is -2.15.